The molecule has 1 aromatic heterocycles. The van der Waals surface area contributed by atoms with E-state index in [9.17, 15) is 9.59 Å². The first-order valence-electron chi connectivity index (χ1n) is 8.56. The summed E-state index contributed by atoms with van der Waals surface area (Å²) in [6, 6.07) is 7.17. The number of nitrogens with zero attached hydrogens (tertiary/aromatic N) is 3. The topological polar surface area (TPSA) is 94.8 Å². The number of allylic oxidation sites excluding steroid dienone is 2. The van der Waals surface area contributed by atoms with E-state index in [1.165, 1.54) is 20.3 Å². The molecule has 0 radical (unpaired) electrons. The maximum atomic E-state index is 12.5. The number of methoxy groups -OCH3 is 2. The molecule has 8 heteroatoms. The monoisotopic (exact) mass is 381 g/mol. The first-order valence-corrected chi connectivity index (χ1v) is 8.56. The third kappa shape index (κ3) is 3.71. The molecule has 8 nitrogen and oxygen atoms in total. The quantitative estimate of drug-likeness (QED) is 0.730. The second kappa shape index (κ2) is 8.34. The summed E-state index contributed by atoms with van der Waals surface area (Å²) >= 11 is 0. The highest BCUT2D eigenvalue weighted by Gasteiger charge is 2.27. The summed E-state index contributed by atoms with van der Waals surface area (Å²) in [7, 11) is 2.50. The van der Waals surface area contributed by atoms with Crippen molar-refractivity contribution < 1.29 is 23.5 Å². The van der Waals surface area contributed by atoms with Crippen LogP contribution in [0.4, 0.5) is 5.69 Å². The Labute approximate surface area is 161 Å². The minimum absolute atomic E-state index is 0.0382. The second-order valence-electron chi connectivity index (χ2n) is 5.72. The Kier molecular flexibility index (Phi) is 5.69. The molecule has 0 saturated heterocycles. The van der Waals surface area contributed by atoms with E-state index in [-0.39, 0.29) is 11.3 Å². The standard InChI is InChI=1S/C20H19N3O5/c1-4-16-21-22-18(28-16)13-8-7-9-14(12-13)23-11-6-5-10-15(19(24)26-2)17(23)20(25)27-3/h5-12H,4H2,1-3H3. The van der Waals surface area contributed by atoms with Gasteiger partial charge in [-0.2, -0.15) is 0 Å². The molecule has 144 valence electrons. The number of hydrogen-bond acceptors (Lipinski definition) is 8. The third-order valence-electron chi connectivity index (χ3n) is 4.03. The molecule has 3 rings (SSSR count). The number of aromatic nitrogens is 2. The number of aryl methyl sites for hydroxylation is 1. The zero-order valence-corrected chi connectivity index (χ0v) is 15.7. The Hall–Kier alpha value is -3.68. The van der Waals surface area contributed by atoms with Gasteiger partial charge in [0.25, 0.3) is 0 Å². The third-order valence-corrected chi connectivity index (χ3v) is 4.03. The predicted octanol–water partition coefficient (Wildman–Crippen LogP) is 2.79. The Morgan fingerprint density at radius 3 is 2.57 bits per heavy atom. The Morgan fingerprint density at radius 1 is 1.11 bits per heavy atom. The van der Waals surface area contributed by atoms with Crippen LogP contribution in [-0.4, -0.2) is 36.4 Å². The molecule has 1 aliphatic heterocycles. The van der Waals surface area contributed by atoms with E-state index in [2.05, 4.69) is 10.2 Å². The molecule has 28 heavy (non-hydrogen) atoms. The zero-order valence-electron chi connectivity index (χ0n) is 15.7. The fraction of sp³-hybridized carbons (Fsp3) is 0.200. The summed E-state index contributed by atoms with van der Waals surface area (Å²) in [6.07, 6.45) is 7.13. The van der Waals surface area contributed by atoms with Crippen LogP contribution in [0.25, 0.3) is 11.5 Å². The Morgan fingerprint density at radius 2 is 1.89 bits per heavy atom. The van der Waals surface area contributed by atoms with Gasteiger partial charge in [-0.3, -0.25) is 0 Å². The number of ether oxygens (including phenoxy) is 2. The van der Waals surface area contributed by atoms with Gasteiger partial charge in [-0.15, -0.1) is 10.2 Å². The van der Waals surface area contributed by atoms with Crippen molar-refractivity contribution in [3.8, 4) is 11.5 Å². The SMILES string of the molecule is CCc1nnc(-c2cccc(N3C=CC=CC(C(=O)OC)=C3C(=O)OC)c2)o1. The second-order valence-corrected chi connectivity index (χ2v) is 5.72. The van der Waals surface area contributed by atoms with Gasteiger partial charge in [0.2, 0.25) is 11.8 Å². The van der Waals surface area contributed by atoms with Crippen LogP contribution in [0, 0.1) is 0 Å². The Bertz CT molecular complexity index is 987. The van der Waals surface area contributed by atoms with Gasteiger partial charge in [0.1, 0.15) is 5.70 Å². The van der Waals surface area contributed by atoms with Gasteiger partial charge < -0.3 is 18.8 Å². The molecule has 2 heterocycles. The van der Waals surface area contributed by atoms with Gasteiger partial charge in [0, 0.05) is 23.9 Å². The molecule has 1 aromatic carbocycles. The number of anilines is 1. The van der Waals surface area contributed by atoms with Gasteiger partial charge in [0.15, 0.2) is 0 Å². The van der Waals surface area contributed by atoms with E-state index in [1.54, 1.807) is 41.5 Å². The largest absolute Gasteiger partial charge is 0.465 e. The molecule has 2 aromatic rings. The molecule has 0 atom stereocenters. The van der Waals surface area contributed by atoms with Crippen molar-refractivity contribution in [3.05, 3.63) is 65.9 Å². The maximum Gasteiger partial charge on any atom is 0.355 e. The minimum Gasteiger partial charge on any atom is -0.465 e. The van der Waals surface area contributed by atoms with Gasteiger partial charge in [0.05, 0.1) is 19.8 Å². The smallest absolute Gasteiger partial charge is 0.355 e. The van der Waals surface area contributed by atoms with Crippen LogP contribution in [-0.2, 0) is 25.5 Å². The lowest BCUT2D eigenvalue weighted by Gasteiger charge is -2.23. The van der Waals surface area contributed by atoms with Crippen LogP contribution in [0.2, 0.25) is 0 Å². The highest BCUT2D eigenvalue weighted by atomic mass is 16.5. The van der Waals surface area contributed by atoms with Crippen LogP contribution in [0.5, 0.6) is 0 Å². The molecular formula is C20H19N3O5. The number of hydrogen-bond donors (Lipinski definition) is 0. The normalized spacial score (nSPS) is 13.5. The molecule has 0 saturated carbocycles. The lowest BCUT2D eigenvalue weighted by atomic mass is 10.1. The van der Waals surface area contributed by atoms with E-state index in [0.717, 1.165) is 0 Å². The van der Waals surface area contributed by atoms with Gasteiger partial charge in [-0.1, -0.05) is 19.1 Å². The van der Waals surface area contributed by atoms with Crippen LogP contribution in [0.1, 0.15) is 12.8 Å². The molecule has 0 aliphatic carbocycles. The van der Waals surface area contributed by atoms with Crippen LogP contribution >= 0.6 is 0 Å². The highest BCUT2D eigenvalue weighted by Crippen LogP contribution is 2.29. The van der Waals surface area contributed by atoms with Crippen molar-refractivity contribution in [1.82, 2.24) is 10.2 Å². The number of carbonyl (C=O) groups is 2. The average Bonchev–Trinajstić information content (AvgIpc) is 3.11. The number of benzene rings is 1. The highest BCUT2D eigenvalue weighted by molar-refractivity contribution is 6.05. The maximum absolute atomic E-state index is 12.5. The predicted molar refractivity (Wildman–Crippen MR) is 101 cm³/mol. The number of carbonyl (C=O) groups excluding carboxylic acids is 2. The molecule has 1 aliphatic rings. The van der Waals surface area contributed by atoms with Crippen molar-refractivity contribution in [1.29, 1.82) is 0 Å². The molecule has 0 fully saturated rings. The minimum atomic E-state index is -0.673. The van der Waals surface area contributed by atoms with Crippen molar-refractivity contribution >= 4 is 17.6 Å². The van der Waals surface area contributed by atoms with E-state index < -0.39 is 11.9 Å². The van der Waals surface area contributed by atoms with E-state index in [4.69, 9.17) is 13.9 Å². The molecule has 0 N–H and O–H groups in total. The van der Waals surface area contributed by atoms with Gasteiger partial charge in [-0.05, 0) is 30.4 Å². The number of rotatable bonds is 5. The van der Waals surface area contributed by atoms with Crippen molar-refractivity contribution in [3.63, 3.8) is 0 Å². The number of esters is 2. The molecule has 0 spiro atoms. The lowest BCUT2D eigenvalue weighted by molar-refractivity contribution is -0.139. The van der Waals surface area contributed by atoms with E-state index in [1.807, 2.05) is 13.0 Å². The fourth-order valence-corrected chi connectivity index (χ4v) is 2.67. The molecule has 0 unspecified atom stereocenters. The summed E-state index contributed by atoms with van der Waals surface area (Å²) in [6.45, 7) is 1.92. The summed E-state index contributed by atoms with van der Waals surface area (Å²) in [4.78, 5) is 26.3. The first-order chi connectivity index (χ1) is 13.6. The zero-order chi connectivity index (χ0) is 20.1. The van der Waals surface area contributed by atoms with Gasteiger partial charge >= 0.3 is 11.9 Å². The summed E-state index contributed by atoms with van der Waals surface area (Å²) in [5.74, 6) is -0.422. The average molecular weight is 381 g/mol. The lowest BCUT2D eigenvalue weighted by Crippen LogP contribution is -2.26. The van der Waals surface area contributed by atoms with E-state index in [0.29, 0.717) is 29.5 Å². The first kappa shape index (κ1) is 19.1. The van der Waals surface area contributed by atoms with Crippen molar-refractivity contribution in [2.45, 2.75) is 13.3 Å². The van der Waals surface area contributed by atoms with Crippen molar-refractivity contribution in [2.75, 3.05) is 19.1 Å². The Balaban J connectivity index is 2.11. The van der Waals surface area contributed by atoms with Crippen LogP contribution in [0.15, 0.2) is 64.4 Å². The fourth-order valence-electron chi connectivity index (χ4n) is 2.67. The van der Waals surface area contributed by atoms with Crippen LogP contribution < -0.4 is 4.90 Å². The molecule has 0 bridgehead atoms. The molecular weight excluding hydrogens is 362 g/mol. The summed E-state index contributed by atoms with van der Waals surface area (Å²) in [5, 5.41) is 8.02. The molecule has 0 amide bonds. The van der Waals surface area contributed by atoms with Crippen LogP contribution in [0.3, 0.4) is 0 Å². The summed E-state index contributed by atoms with van der Waals surface area (Å²) < 4.78 is 15.3. The van der Waals surface area contributed by atoms with Crippen molar-refractivity contribution in [2.24, 2.45) is 0 Å². The van der Waals surface area contributed by atoms with Gasteiger partial charge in [-0.25, -0.2) is 9.59 Å². The summed E-state index contributed by atoms with van der Waals surface area (Å²) in [5.41, 5.74) is 1.40. The van der Waals surface area contributed by atoms with E-state index >= 15 is 0 Å².